The van der Waals surface area contributed by atoms with Crippen LogP contribution in [0.2, 0.25) is 0 Å². The van der Waals surface area contributed by atoms with Crippen LogP contribution in [0, 0.1) is 15.9 Å². The van der Waals surface area contributed by atoms with Crippen molar-refractivity contribution in [1.29, 1.82) is 0 Å². The zero-order valence-corrected chi connectivity index (χ0v) is 14.8. The van der Waals surface area contributed by atoms with E-state index in [4.69, 9.17) is 4.42 Å². The van der Waals surface area contributed by atoms with Crippen LogP contribution in [0.3, 0.4) is 0 Å². The normalized spacial score (nSPS) is 11.8. The highest BCUT2D eigenvalue weighted by atomic mass is 32.2. The van der Waals surface area contributed by atoms with Crippen molar-refractivity contribution in [2.24, 2.45) is 0 Å². The fourth-order valence-electron chi connectivity index (χ4n) is 2.11. The maximum atomic E-state index is 12.9. The van der Waals surface area contributed by atoms with E-state index in [0.29, 0.717) is 11.3 Å². The van der Waals surface area contributed by atoms with Gasteiger partial charge >= 0.3 is 0 Å². The summed E-state index contributed by atoms with van der Waals surface area (Å²) in [6.45, 7) is 1.65. The van der Waals surface area contributed by atoms with E-state index in [9.17, 15) is 19.3 Å². The first-order chi connectivity index (χ1) is 12.9. The number of nitrogens with one attached hydrogen (secondary N) is 1. The molecule has 3 rings (SSSR count). The highest BCUT2D eigenvalue weighted by Gasteiger charge is 2.19. The molecule has 10 heteroatoms. The van der Waals surface area contributed by atoms with Gasteiger partial charge in [-0.05, 0) is 37.3 Å². The number of non-ortho nitro benzene ring substituents is 1. The average molecular weight is 388 g/mol. The predicted molar refractivity (Wildman–Crippen MR) is 96.7 cm³/mol. The quantitative estimate of drug-likeness (QED) is 0.387. The van der Waals surface area contributed by atoms with Gasteiger partial charge in [0.25, 0.3) is 10.9 Å². The second-order valence-corrected chi connectivity index (χ2v) is 6.73. The van der Waals surface area contributed by atoms with Gasteiger partial charge in [-0.3, -0.25) is 14.9 Å². The Hall–Kier alpha value is -3.27. The smallest absolute Gasteiger partial charge is 0.277 e. The number of nitro groups is 1. The van der Waals surface area contributed by atoms with Crippen molar-refractivity contribution in [1.82, 2.24) is 10.2 Å². The molecule has 0 aliphatic heterocycles. The number of halogens is 1. The Labute approximate surface area is 156 Å². The second-order valence-electron chi connectivity index (χ2n) is 5.44. The van der Waals surface area contributed by atoms with Crippen LogP contribution in [0.15, 0.2) is 58.2 Å². The number of carbonyl (C=O) groups is 1. The number of amides is 1. The Bertz CT molecular complexity index is 977. The first kappa shape index (κ1) is 18.5. The Balaban J connectivity index is 1.66. The van der Waals surface area contributed by atoms with Crippen molar-refractivity contribution in [2.45, 2.75) is 17.4 Å². The first-order valence-electron chi connectivity index (χ1n) is 7.74. The van der Waals surface area contributed by atoms with Gasteiger partial charge in [-0.25, -0.2) is 4.39 Å². The minimum atomic E-state index is -0.562. The van der Waals surface area contributed by atoms with E-state index in [2.05, 4.69) is 15.5 Å². The number of benzene rings is 2. The van der Waals surface area contributed by atoms with E-state index >= 15 is 0 Å². The molecule has 0 fully saturated rings. The molecule has 8 nitrogen and oxygen atoms in total. The van der Waals surface area contributed by atoms with Gasteiger partial charge in [0.1, 0.15) is 5.82 Å². The highest BCUT2D eigenvalue weighted by molar-refractivity contribution is 8.00. The third kappa shape index (κ3) is 4.67. The summed E-state index contributed by atoms with van der Waals surface area (Å²) in [6.07, 6.45) is 0. The molecule has 1 N–H and O–H groups in total. The molecule has 1 aromatic heterocycles. The number of rotatable bonds is 6. The van der Waals surface area contributed by atoms with Crippen LogP contribution >= 0.6 is 11.8 Å². The average Bonchev–Trinajstić information content (AvgIpc) is 3.12. The lowest BCUT2D eigenvalue weighted by molar-refractivity contribution is -0.384. The molecule has 0 saturated carbocycles. The molecule has 0 radical (unpaired) electrons. The SMILES string of the molecule is C[C@H](Sc1nnc(-c2cccc([N+](=O)[O-])c2)o1)C(=O)Nc1ccc(F)cc1. The Morgan fingerprint density at radius 2 is 2.00 bits per heavy atom. The second kappa shape index (κ2) is 7.96. The van der Waals surface area contributed by atoms with Crippen molar-refractivity contribution in [3.8, 4) is 11.5 Å². The molecule has 1 amide bonds. The molecule has 0 saturated heterocycles. The van der Waals surface area contributed by atoms with Crippen molar-refractivity contribution in [3.05, 3.63) is 64.5 Å². The molecule has 0 bridgehead atoms. The van der Waals surface area contributed by atoms with E-state index in [1.165, 1.54) is 42.5 Å². The molecule has 3 aromatic rings. The molecule has 0 spiro atoms. The summed E-state index contributed by atoms with van der Waals surface area (Å²) < 4.78 is 18.4. The highest BCUT2D eigenvalue weighted by Crippen LogP contribution is 2.28. The fourth-order valence-corrected chi connectivity index (χ4v) is 2.79. The summed E-state index contributed by atoms with van der Waals surface area (Å²) in [5, 5.41) is 20.8. The minimum Gasteiger partial charge on any atom is -0.411 e. The predicted octanol–water partition coefficient (Wildman–Crippen LogP) is 3.90. The molecule has 0 unspecified atom stereocenters. The van der Waals surface area contributed by atoms with Gasteiger partial charge in [0, 0.05) is 23.4 Å². The number of anilines is 1. The van der Waals surface area contributed by atoms with Crippen LogP contribution in [-0.2, 0) is 4.79 Å². The summed E-state index contributed by atoms with van der Waals surface area (Å²) in [7, 11) is 0. The monoisotopic (exact) mass is 388 g/mol. The lowest BCUT2D eigenvalue weighted by Crippen LogP contribution is -2.22. The summed E-state index contributed by atoms with van der Waals surface area (Å²) in [6, 6.07) is 11.2. The molecular weight excluding hydrogens is 375 g/mol. The lowest BCUT2D eigenvalue weighted by Gasteiger charge is -2.09. The number of hydrogen-bond donors (Lipinski definition) is 1. The van der Waals surface area contributed by atoms with Crippen LogP contribution in [0.25, 0.3) is 11.5 Å². The van der Waals surface area contributed by atoms with E-state index in [-0.39, 0.29) is 22.7 Å². The summed E-state index contributed by atoms with van der Waals surface area (Å²) in [5.74, 6) is -0.594. The van der Waals surface area contributed by atoms with Crippen LogP contribution in [0.1, 0.15) is 6.92 Å². The Morgan fingerprint density at radius 3 is 2.70 bits per heavy atom. The molecule has 27 heavy (non-hydrogen) atoms. The van der Waals surface area contributed by atoms with Gasteiger partial charge in [-0.1, -0.05) is 17.8 Å². The third-order valence-corrected chi connectivity index (χ3v) is 4.40. The molecule has 138 valence electrons. The molecule has 1 atom stereocenters. The summed E-state index contributed by atoms with van der Waals surface area (Å²) in [4.78, 5) is 22.5. The molecule has 0 aliphatic rings. The number of thioether (sulfide) groups is 1. The van der Waals surface area contributed by atoms with Crippen LogP contribution in [0.5, 0.6) is 0 Å². The van der Waals surface area contributed by atoms with E-state index in [1.54, 1.807) is 13.0 Å². The molecular formula is C17H13FN4O4S. The molecule has 0 aliphatic carbocycles. The number of aromatic nitrogens is 2. The lowest BCUT2D eigenvalue weighted by atomic mass is 10.2. The minimum absolute atomic E-state index is 0.0908. The van der Waals surface area contributed by atoms with Crippen LogP contribution < -0.4 is 5.32 Å². The van der Waals surface area contributed by atoms with Crippen molar-refractivity contribution >= 4 is 29.0 Å². The topological polar surface area (TPSA) is 111 Å². The van der Waals surface area contributed by atoms with E-state index in [1.807, 2.05) is 0 Å². The number of carbonyl (C=O) groups excluding carboxylic acids is 1. The zero-order chi connectivity index (χ0) is 19.4. The van der Waals surface area contributed by atoms with Gasteiger partial charge in [-0.2, -0.15) is 0 Å². The Kier molecular flexibility index (Phi) is 5.46. The van der Waals surface area contributed by atoms with Crippen molar-refractivity contribution in [2.75, 3.05) is 5.32 Å². The maximum absolute atomic E-state index is 12.9. The third-order valence-electron chi connectivity index (χ3n) is 3.47. The van der Waals surface area contributed by atoms with Gasteiger partial charge < -0.3 is 9.73 Å². The maximum Gasteiger partial charge on any atom is 0.277 e. The van der Waals surface area contributed by atoms with Crippen molar-refractivity contribution in [3.63, 3.8) is 0 Å². The number of nitro benzene ring substituents is 1. The van der Waals surface area contributed by atoms with Gasteiger partial charge in [-0.15, -0.1) is 10.2 Å². The summed E-state index contributed by atoms with van der Waals surface area (Å²) >= 11 is 1.04. The van der Waals surface area contributed by atoms with E-state index < -0.39 is 16.0 Å². The molecule has 2 aromatic carbocycles. The Morgan fingerprint density at radius 1 is 1.26 bits per heavy atom. The summed E-state index contributed by atoms with van der Waals surface area (Å²) in [5.41, 5.74) is 0.788. The van der Waals surface area contributed by atoms with Crippen LogP contribution in [-0.4, -0.2) is 26.3 Å². The zero-order valence-electron chi connectivity index (χ0n) is 14.0. The molecule has 1 heterocycles. The number of nitrogens with zero attached hydrogens (tertiary/aromatic N) is 3. The van der Waals surface area contributed by atoms with Gasteiger partial charge in [0.2, 0.25) is 11.8 Å². The number of hydrogen-bond acceptors (Lipinski definition) is 7. The first-order valence-corrected chi connectivity index (χ1v) is 8.62. The van der Waals surface area contributed by atoms with E-state index in [0.717, 1.165) is 11.8 Å². The van der Waals surface area contributed by atoms with Crippen molar-refractivity contribution < 1.29 is 18.5 Å². The van der Waals surface area contributed by atoms with Crippen LogP contribution in [0.4, 0.5) is 15.8 Å². The van der Waals surface area contributed by atoms with Gasteiger partial charge in [0.15, 0.2) is 0 Å². The standard InChI is InChI=1S/C17H13FN4O4S/c1-10(15(23)19-13-7-5-12(18)6-8-13)27-17-21-20-16(26-17)11-3-2-4-14(9-11)22(24)25/h2-10H,1H3,(H,19,23)/t10-/m0/s1. The van der Waals surface area contributed by atoms with Gasteiger partial charge in [0.05, 0.1) is 10.2 Å². The largest absolute Gasteiger partial charge is 0.411 e. The fraction of sp³-hybridized carbons (Fsp3) is 0.118.